The number of hydrogen-bond acceptors (Lipinski definition) is 4. The lowest BCUT2D eigenvalue weighted by atomic mass is 9.75. The van der Waals surface area contributed by atoms with Crippen molar-refractivity contribution >= 4 is 5.91 Å². The Kier molecular flexibility index (Phi) is 24.5. The van der Waals surface area contributed by atoms with Gasteiger partial charge in [0.05, 0.1) is 18.8 Å². The zero-order valence-corrected chi connectivity index (χ0v) is 32.6. The summed E-state index contributed by atoms with van der Waals surface area (Å²) in [6, 6.07) is 9.31. The summed E-state index contributed by atoms with van der Waals surface area (Å²) in [5.74, 6) is 60.0. The molecule has 7 atom stereocenters. The highest BCUT2D eigenvalue weighted by atomic mass is 16.7. The van der Waals surface area contributed by atoms with Crippen molar-refractivity contribution in [2.75, 3.05) is 6.61 Å². The average Bonchev–Trinajstić information content (AvgIpc) is 3.24. The number of amides is 1. The van der Waals surface area contributed by atoms with Gasteiger partial charge in [-0.25, -0.2) is 0 Å². The Morgan fingerprint density at radius 1 is 0.707 bits per heavy atom. The molecule has 0 radical (unpaired) electrons. The Labute approximate surface area is 346 Å². The number of nitrogens with two attached hydrogens (primary N) is 1. The Morgan fingerprint density at radius 3 is 1.66 bits per heavy atom. The molecule has 0 bridgehead atoms. The van der Waals surface area contributed by atoms with Crippen LogP contribution in [0.2, 0.25) is 0 Å². The van der Waals surface area contributed by atoms with Crippen LogP contribution in [0.1, 0.15) is 38.2 Å². The van der Waals surface area contributed by atoms with E-state index in [1.54, 1.807) is 6.92 Å². The van der Waals surface area contributed by atoms with E-state index in [0.29, 0.717) is 12.8 Å². The maximum absolute atomic E-state index is 12.9. The molecule has 282 valence electrons. The molecule has 58 heavy (non-hydrogen) atoms. The van der Waals surface area contributed by atoms with Gasteiger partial charge in [-0.3, -0.25) is 4.79 Å². The van der Waals surface area contributed by atoms with Crippen LogP contribution in [0, 0.1) is 160 Å². The molecule has 1 saturated heterocycles. The number of benzene rings is 1. The molecule has 1 fully saturated rings. The fraction of sp³-hybridized carbons (Fsp3) is 0.264. The molecule has 5 nitrogen and oxygen atoms in total. The van der Waals surface area contributed by atoms with Crippen molar-refractivity contribution in [1.82, 2.24) is 5.32 Å². The van der Waals surface area contributed by atoms with Crippen molar-refractivity contribution in [1.29, 1.82) is 0 Å². The molecule has 1 aromatic rings. The Morgan fingerprint density at radius 2 is 1.19 bits per heavy atom. The van der Waals surface area contributed by atoms with E-state index in [-0.39, 0.29) is 30.5 Å². The van der Waals surface area contributed by atoms with E-state index < -0.39 is 24.3 Å². The lowest BCUT2D eigenvalue weighted by Crippen LogP contribution is -2.53. The standard InChI is InChI=1S/C53H42N2O3/c1-6-11-12-13-14-15-16-17-18-19-20-21-22-23-24-25-26-27-28-29-30-31-35-43-52(56)55-50(49(54)42-37-36-41-45-39-33-32-34-40-45)44-57-53-48(10-5)46(8-3)47(9-4)51(58-53)38-7-2/h7-10,32-34,39-40,46-51,53H,2-5,36-38,41-42,44,54H2,1H3,(H,55,56)/t46?,47-,48+,49-,50+,51?,53+/m1/s1. The van der Waals surface area contributed by atoms with Gasteiger partial charge in [-0.05, 0) is 139 Å². The number of carbonyl (C=O) groups is 1. The van der Waals surface area contributed by atoms with E-state index in [4.69, 9.17) is 15.2 Å². The largest absolute Gasteiger partial charge is 0.350 e. The van der Waals surface area contributed by atoms with E-state index in [9.17, 15) is 4.79 Å². The van der Waals surface area contributed by atoms with Crippen molar-refractivity contribution in [2.45, 2.75) is 63.5 Å². The third kappa shape index (κ3) is 19.5. The van der Waals surface area contributed by atoms with Crippen LogP contribution in [0.4, 0.5) is 0 Å². The van der Waals surface area contributed by atoms with Crippen LogP contribution in [-0.2, 0) is 20.7 Å². The first-order valence-electron chi connectivity index (χ1n) is 18.3. The summed E-state index contributed by atoms with van der Waals surface area (Å²) in [6.45, 7) is 17.8. The van der Waals surface area contributed by atoms with Crippen molar-refractivity contribution in [2.24, 2.45) is 23.5 Å². The Hall–Kier alpha value is -7.75. The SMILES string of the molecule is C=CCC1O[C@H](OC[C@H](NC(=O)C#CC#CC#CC#CC#CC#CC#CC#CC#CC#CC#CC#CC)[C@H](N)CCCCc2ccccc2)[C@@H](C=C)C(C=C)[C@H]1C=C. The number of unbranched alkanes of at least 4 members (excludes halogenated alkanes) is 1. The second-order valence-corrected chi connectivity index (χ2v) is 11.9. The zero-order valence-electron chi connectivity index (χ0n) is 32.6. The molecular formula is C53H42N2O3. The van der Waals surface area contributed by atoms with Crippen LogP contribution in [0.25, 0.3) is 0 Å². The quantitative estimate of drug-likeness (QED) is 0.150. The topological polar surface area (TPSA) is 73.6 Å². The molecule has 5 heteroatoms. The number of rotatable bonds is 15. The number of carbonyl (C=O) groups excluding carboxylic acids is 1. The normalized spacial score (nSPS) is 17.0. The molecule has 3 N–H and O–H groups in total. The third-order valence-electron chi connectivity index (χ3n) is 8.14. The summed E-state index contributed by atoms with van der Waals surface area (Å²) in [7, 11) is 0. The fourth-order valence-electron chi connectivity index (χ4n) is 5.46. The van der Waals surface area contributed by atoms with E-state index in [1.165, 1.54) is 5.56 Å². The summed E-state index contributed by atoms with van der Waals surface area (Å²) in [6.07, 6.45) is 10.6. The van der Waals surface area contributed by atoms with E-state index in [2.05, 4.69) is 186 Å². The Balaban J connectivity index is 2.01. The van der Waals surface area contributed by atoms with Crippen LogP contribution in [0.5, 0.6) is 0 Å². The second kappa shape index (κ2) is 30.6. The highest BCUT2D eigenvalue weighted by Crippen LogP contribution is 2.39. The minimum atomic E-state index is -0.639. The molecule has 1 aliphatic heterocycles. The third-order valence-corrected chi connectivity index (χ3v) is 8.14. The lowest BCUT2D eigenvalue weighted by Gasteiger charge is -2.44. The van der Waals surface area contributed by atoms with Gasteiger partial charge in [-0.2, -0.15) is 0 Å². The molecule has 0 saturated carbocycles. The first kappa shape index (κ1) is 46.4. The minimum Gasteiger partial charge on any atom is -0.350 e. The number of nitrogens with one attached hydrogen (secondary N) is 1. The smallest absolute Gasteiger partial charge is 0.297 e. The summed E-state index contributed by atoms with van der Waals surface area (Å²) in [5, 5.41) is 2.91. The lowest BCUT2D eigenvalue weighted by molar-refractivity contribution is -0.235. The van der Waals surface area contributed by atoms with Crippen LogP contribution in [-0.4, -0.2) is 37.0 Å². The van der Waals surface area contributed by atoms with Gasteiger partial charge in [0.25, 0.3) is 5.91 Å². The zero-order chi connectivity index (χ0) is 41.9. The van der Waals surface area contributed by atoms with E-state index >= 15 is 0 Å². The molecule has 1 amide bonds. The monoisotopic (exact) mass is 754 g/mol. The van der Waals surface area contributed by atoms with Crippen LogP contribution in [0.3, 0.4) is 0 Å². The van der Waals surface area contributed by atoms with Gasteiger partial charge in [0.15, 0.2) is 6.29 Å². The molecule has 1 aliphatic rings. The summed E-state index contributed by atoms with van der Waals surface area (Å²) < 4.78 is 12.7. The van der Waals surface area contributed by atoms with Crippen LogP contribution < -0.4 is 11.1 Å². The maximum Gasteiger partial charge on any atom is 0.297 e. The van der Waals surface area contributed by atoms with Gasteiger partial charge in [-0.1, -0.05) is 67.0 Å². The molecule has 0 aliphatic carbocycles. The van der Waals surface area contributed by atoms with E-state index in [1.807, 2.05) is 42.5 Å². The molecular weight excluding hydrogens is 713 g/mol. The van der Waals surface area contributed by atoms with E-state index in [0.717, 1.165) is 19.3 Å². The Bertz CT molecular complexity index is 2420. The predicted molar refractivity (Wildman–Crippen MR) is 233 cm³/mol. The fourth-order valence-corrected chi connectivity index (χ4v) is 5.46. The first-order chi connectivity index (χ1) is 28.5. The maximum atomic E-state index is 12.9. The molecule has 0 spiro atoms. The molecule has 1 heterocycles. The second-order valence-electron chi connectivity index (χ2n) is 11.9. The van der Waals surface area contributed by atoms with Crippen LogP contribution >= 0.6 is 0 Å². The van der Waals surface area contributed by atoms with Gasteiger partial charge in [0.1, 0.15) is 0 Å². The van der Waals surface area contributed by atoms with Gasteiger partial charge in [0, 0.05) is 59.3 Å². The highest BCUT2D eigenvalue weighted by Gasteiger charge is 2.42. The molecule has 2 rings (SSSR count). The van der Waals surface area contributed by atoms with Gasteiger partial charge in [-0.15, -0.1) is 26.3 Å². The predicted octanol–water partition coefficient (Wildman–Crippen LogP) is 5.00. The van der Waals surface area contributed by atoms with Crippen LogP contribution in [0.15, 0.2) is 81.0 Å². The molecule has 2 unspecified atom stereocenters. The summed E-state index contributed by atoms with van der Waals surface area (Å²) in [4.78, 5) is 12.9. The van der Waals surface area contributed by atoms with Crippen molar-refractivity contribution < 1.29 is 14.3 Å². The average molecular weight is 755 g/mol. The number of hydrogen-bond donors (Lipinski definition) is 2. The summed E-state index contributed by atoms with van der Waals surface area (Å²) >= 11 is 0. The minimum absolute atomic E-state index is 0.00601. The number of aryl methyl sites for hydroxylation is 1. The van der Waals surface area contributed by atoms with Crippen molar-refractivity contribution in [3.63, 3.8) is 0 Å². The highest BCUT2D eigenvalue weighted by molar-refractivity contribution is 5.94. The summed E-state index contributed by atoms with van der Waals surface area (Å²) in [5.41, 5.74) is 7.94. The van der Waals surface area contributed by atoms with Gasteiger partial charge < -0.3 is 20.5 Å². The van der Waals surface area contributed by atoms with Crippen molar-refractivity contribution in [3.8, 4) is 142 Å². The number of ether oxygens (including phenoxy) is 2. The van der Waals surface area contributed by atoms with Gasteiger partial charge >= 0.3 is 0 Å². The first-order valence-corrected chi connectivity index (χ1v) is 18.3. The molecule has 0 aromatic heterocycles. The van der Waals surface area contributed by atoms with Gasteiger partial charge in [0.2, 0.25) is 0 Å². The number of allylic oxidation sites excluding steroid dienone is 1. The molecule has 1 aromatic carbocycles. The van der Waals surface area contributed by atoms with Crippen molar-refractivity contribution in [3.05, 3.63) is 86.5 Å².